The maximum atomic E-state index is 13.4. The molecule has 39 heavy (non-hydrogen) atoms. The number of unbranched alkanes of at least 4 members (excludes halogenated alkanes) is 1. The Morgan fingerprint density at radius 3 is 2.28 bits per heavy atom. The highest BCUT2D eigenvalue weighted by Gasteiger charge is 2.36. The molecule has 2 rings (SSSR count). The first kappa shape index (κ1) is 32.0. The molecule has 0 fully saturated rings. The van der Waals surface area contributed by atoms with Gasteiger partial charge in [0, 0.05) is 30.8 Å². The van der Waals surface area contributed by atoms with E-state index in [1.807, 2.05) is 11.8 Å². The first-order chi connectivity index (χ1) is 18.3. The lowest BCUT2D eigenvalue weighted by Gasteiger charge is -2.36. The van der Waals surface area contributed by atoms with Crippen molar-refractivity contribution in [3.63, 3.8) is 0 Å². The van der Waals surface area contributed by atoms with E-state index in [9.17, 15) is 19.5 Å². The quantitative estimate of drug-likeness (QED) is 0.187. The third-order valence-electron chi connectivity index (χ3n) is 7.16. The molecule has 2 N–H and O–H groups in total. The zero-order valence-electron chi connectivity index (χ0n) is 24.4. The van der Waals surface area contributed by atoms with Crippen molar-refractivity contribution in [2.24, 2.45) is 0 Å². The highest BCUT2D eigenvalue weighted by Crippen LogP contribution is 2.36. The van der Waals surface area contributed by atoms with Crippen molar-refractivity contribution < 1.29 is 28.7 Å². The molecule has 0 aliphatic rings. The summed E-state index contributed by atoms with van der Waals surface area (Å²) in [4.78, 5) is 40.7. The number of carbonyl (C=O) groups excluding carboxylic acids is 3. The number of phenols is 1. The van der Waals surface area contributed by atoms with E-state index in [0.29, 0.717) is 30.8 Å². The van der Waals surface area contributed by atoms with Crippen LogP contribution in [0.3, 0.4) is 0 Å². The first-order valence-corrected chi connectivity index (χ1v) is 16.4. The van der Waals surface area contributed by atoms with Gasteiger partial charge in [0.1, 0.15) is 5.75 Å². The van der Waals surface area contributed by atoms with Crippen LogP contribution in [0.1, 0.15) is 79.3 Å². The second-order valence-electron chi connectivity index (χ2n) is 11.2. The number of phenolic OH excluding ortho intramolecular Hbond substituents is 1. The fraction of sp³-hybridized carbons (Fsp3) is 0.500. The van der Waals surface area contributed by atoms with Gasteiger partial charge in [-0.2, -0.15) is 0 Å². The zero-order chi connectivity index (χ0) is 29.2. The molecule has 0 aromatic heterocycles. The average molecular weight is 557 g/mol. The Morgan fingerprint density at radius 1 is 1.00 bits per heavy atom. The van der Waals surface area contributed by atoms with Gasteiger partial charge in [0.25, 0.3) is 11.8 Å². The Balaban J connectivity index is 2.08. The number of carbonyl (C=O) groups is 3. The van der Waals surface area contributed by atoms with Crippen LogP contribution in [0, 0.1) is 0 Å². The molecule has 2 aromatic rings. The fourth-order valence-corrected chi connectivity index (χ4v) is 4.91. The predicted molar refractivity (Wildman–Crippen MR) is 155 cm³/mol. The predicted octanol–water partition coefficient (Wildman–Crippen LogP) is 5.69. The number of hydrogen-bond acceptors (Lipinski definition) is 6. The second kappa shape index (κ2) is 14.3. The van der Waals surface area contributed by atoms with Crippen molar-refractivity contribution in [1.82, 2.24) is 10.2 Å². The van der Waals surface area contributed by atoms with E-state index in [1.165, 1.54) is 25.3 Å². The molecular weight excluding hydrogens is 512 g/mol. The van der Waals surface area contributed by atoms with Gasteiger partial charge in [-0.3, -0.25) is 9.59 Å². The molecule has 0 radical (unpaired) electrons. The fourth-order valence-electron chi connectivity index (χ4n) is 3.82. The molecule has 2 aromatic carbocycles. The number of ether oxygens (including phenoxy) is 1. The minimum absolute atomic E-state index is 0.0363. The molecule has 0 heterocycles. The zero-order valence-corrected chi connectivity index (χ0v) is 25.4. The number of hydrogen-bond donors (Lipinski definition) is 2. The van der Waals surface area contributed by atoms with Gasteiger partial charge in [0.15, 0.2) is 14.4 Å². The van der Waals surface area contributed by atoms with Crippen LogP contribution in [0.25, 0.3) is 0 Å². The third-order valence-corrected chi connectivity index (χ3v) is 11.7. The maximum absolute atomic E-state index is 13.4. The summed E-state index contributed by atoms with van der Waals surface area (Å²) in [7, 11) is -0.567. The van der Waals surface area contributed by atoms with Crippen molar-refractivity contribution in [3.05, 3.63) is 65.2 Å². The van der Waals surface area contributed by atoms with Crippen LogP contribution >= 0.6 is 0 Å². The summed E-state index contributed by atoms with van der Waals surface area (Å²) in [6.45, 7) is 15.1. The topological polar surface area (TPSA) is 105 Å². The van der Waals surface area contributed by atoms with E-state index >= 15 is 0 Å². The summed E-state index contributed by atoms with van der Waals surface area (Å²) in [6, 6.07) is 11.4. The number of esters is 1. The number of nitrogens with one attached hydrogen (secondary N) is 1. The number of nitrogens with zero attached hydrogens (tertiary/aromatic N) is 1. The summed E-state index contributed by atoms with van der Waals surface area (Å²) in [5.74, 6) is -1.39. The molecule has 9 heteroatoms. The summed E-state index contributed by atoms with van der Waals surface area (Å²) in [5.41, 5.74) is 1.03. The molecule has 8 nitrogen and oxygen atoms in total. The summed E-state index contributed by atoms with van der Waals surface area (Å²) < 4.78 is 11.1. The molecule has 214 valence electrons. The van der Waals surface area contributed by atoms with E-state index in [2.05, 4.69) is 39.2 Å². The largest absolute Gasteiger partial charge is 0.508 e. The van der Waals surface area contributed by atoms with Gasteiger partial charge in [-0.05, 0) is 73.3 Å². The summed E-state index contributed by atoms with van der Waals surface area (Å²) >= 11 is 0. The van der Waals surface area contributed by atoms with Gasteiger partial charge in [-0.15, -0.1) is 0 Å². The highest BCUT2D eigenvalue weighted by atomic mass is 28.4. The van der Waals surface area contributed by atoms with Crippen LogP contribution in [-0.4, -0.2) is 62.9 Å². The van der Waals surface area contributed by atoms with Crippen LogP contribution < -0.4 is 5.32 Å². The Morgan fingerprint density at radius 2 is 1.67 bits per heavy atom. The van der Waals surface area contributed by atoms with Crippen LogP contribution in [0.2, 0.25) is 18.1 Å². The Bertz CT molecular complexity index is 1130. The molecule has 0 bridgehead atoms. The number of rotatable bonds is 13. The molecular formula is C30H44N2O6Si. The number of aromatic hydroxyl groups is 1. The molecule has 0 saturated carbocycles. The summed E-state index contributed by atoms with van der Waals surface area (Å²) in [6.07, 6.45) is 2.51. The molecule has 0 aliphatic heterocycles. The molecule has 1 atom stereocenters. The van der Waals surface area contributed by atoms with Gasteiger partial charge < -0.3 is 24.5 Å². The van der Waals surface area contributed by atoms with Gasteiger partial charge in [0.05, 0.1) is 7.11 Å². The Labute approximate surface area is 233 Å². The third kappa shape index (κ3) is 9.21. The van der Waals surface area contributed by atoms with Crippen LogP contribution in [-0.2, 0) is 14.0 Å². The normalized spacial score (nSPS) is 12.5. The van der Waals surface area contributed by atoms with Crippen LogP contribution in [0.15, 0.2) is 48.5 Å². The van der Waals surface area contributed by atoms with Crippen LogP contribution in [0.5, 0.6) is 5.75 Å². The molecule has 0 unspecified atom stereocenters. The maximum Gasteiger partial charge on any atom is 0.333 e. The lowest BCUT2D eigenvalue weighted by Crippen LogP contribution is -2.41. The van der Waals surface area contributed by atoms with Crippen molar-refractivity contribution in [2.75, 3.05) is 26.8 Å². The van der Waals surface area contributed by atoms with Crippen LogP contribution in [0.4, 0.5) is 0 Å². The first-order valence-electron chi connectivity index (χ1n) is 13.5. The lowest BCUT2D eigenvalue weighted by atomic mass is 10.0. The highest BCUT2D eigenvalue weighted by molar-refractivity contribution is 6.74. The van der Waals surface area contributed by atoms with E-state index in [0.717, 1.165) is 19.3 Å². The molecule has 0 saturated heterocycles. The Hall–Kier alpha value is -3.17. The van der Waals surface area contributed by atoms with E-state index in [1.54, 1.807) is 30.3 Å². The monoisotopic (exact) mass is 556 g/mol. The van der Waals surface area contributed by atoms with Gasteiger partial charge in [-0.25, -0.2) is 4.79 Å². The minimum Gasteiger partial charge on any atom is -0.508 e. The average Bonchev–Trinajstić information content (AvgIpc) is 2.89. The molecule has 0 aliphatic carbocycles. The second-order valence-corrected chi connectivity index (χ2v) is 16.0. The van der Waals surface area contributed by atoms with Gasteiger partial charge in [-0.1, -0.05) is 45.9 Å². The smallest absolute Gasteiger partial charge is 0.333 e. The van der Waals surface area contributed by atoms with Crippen molar-refractivity contribution in [1.29, 1.82) is 0 Å². The van der Waals surface area contributed by atoms with E-state index in [4.69, 9.17) is 9.16 Å². The number of benzene rings is 2. The van der Waals surface area contributed by atoms with Crippen molar-refractivity contribution in [2.45, 2.75) is 71.1 Å². The number of amides is 2. The molecule has 0 spiro atoms. The lowest BCUT2D eigenvalue weighted by molar-refractivity contribution is -0.143. The summed E-state index contributed by atoms with van der Waals surface area (Å²) in [5, 5.41) is 12.6. The van der Waals surface area contributed by atoms with E-state index in [-0.39, 0.29) is 22.3 Å². The van der Waals surface area contributed by atoms with Gasteiger partial charge >= 0.3 is 5.97 Å². The van der Waals surface area contributed by atoms with Gasteiger partial charge in [0.2, 0.25) is 0 Å². The number of methoxy groups -OCH3 is 1. The SMILES string of the molecule is CCCN(CCCCO[Si](C)(C)C(C)(C)C)C(=O)c1cccc(C(=O)N[C@H](C(=O)OC)c2cccc(O)c2)c1. The molecule has 2 amide bonds. The Kier molecular flexibility index (Phi) is 11.7. The standard InChI is InChI=1S/C30H44N2O6Si/c1-8-17-32(18-9-10-19-38-39(6,7)30(2,3)4)28(35)24-15-11-14-23(20-24)27(34)31-26(29(36)37-5)22-13-12-16-25(33)21-22/h11-16,20-21,26,33H,8-10,17-19H2,1-7H3,(H,31,34)/t26-/m0/s1. The van der Waals surface area contributed by atoms with Crippen molar-refractivity contribution in [3.8, 4) is 5.75 Å². The minimum atomic E-state index is -1.79. The van der Waals surface area contributed by atoms with Crippen molar-refractivity contribution >= 4 is 26.1 Å². The van der Waals surface area contributed by atoms with E-state index < -0.39 is 26.2 Å².